The number of amides is 1. The highest BCUT2D eigenvalue weighted by atomic mass is 35.5. The number of anilines is 1. The van der Waals surface area contributed by atoms with Crippen LogP contribution in [-0.4, -0.2) is 28.0 Å². The largest absolute Gasteiger partial charge is 0.462 e. The van der Waals surface area contributed by atoms with Crippen molar-refractivity contribution in [3.05, 3.63) is 78.5 Å². The maximum atomic E-state index is 12.6. The number of carbonyl (C=O) groups excluding carboxylic acids is 2. The monoisotopic (exact) mass is 475 g/mol. The van der Waals surface area contributed by atoms with Gasteiger partial charge in [0.25, 0.3) is 11.2 Å². The molecule has 3 rings (SSSR count). The van der Waals surface area contributed by atoms with Gasteiger partial charge in [-0.15, -0.1) is 11.3 Å². The summed E-state index contributed by atoms with van der Waals surface area (Å²) in [5, 5.41) is 16.2. The summed E-state index contributed by atoms with van der Waals surface area (Å²) in [6.45, 7) is 2.78. The molecule has 0 atom stereocenters. The van der Waals surface area contributed by atoms with Gasteiger partial charge in [0.1, 0.15) is 17.1 Å². The molecule has 2 heterocycles. The van der Waals surface area contributed by atoms with Gasteiger partial charge in [0, 0.05) is 27.6 Å². The Hall–Kier alpha value is -3.50. The highest BCUT2D eigenvalue weighted by molar-refractivity contribution is 7.15. The van der Waals surface area contributed by atoms with E-state index >= 15 is 0 Å². The first kappa shape index (κ1) is 23.2. The highest BCUT2D eigenvalue weighted by Crippen LogP contribution is 2.36. The van der Waals surface area contributed by atoms with Crippen molar-refractivity contribution in [2.75, 3.05) is 11.9 Å². The molecule has 1 aromatic carbocycles. The summed E-state index contributed by atoms with van der Waals surface area (Å²) in [4.78, 5) is 48.0. The fourth-order valence-electron chi connectivity index (χ4n) is 3.00. The maximum Gasteiger partial charge on any atom is 0.341 e. The second-order valence-electron chi connectivity index (χ2n) is 6.70. The summed E-state index contributed by atoms with van der Waals surface area (Å²) >= 11 is 7.06. The predicted molar refractivity (Wildman–Crippen MR) is 121 cm³/mol. The fraction of sp³-hybridized carbons (Fsp3) is 0.190. The van der Waals surface area contributed by atoms with Gasteiger partial charge in [0.2, 0.25) is 5.91 Å². The van der Waals surface area contributed by atoms with E-state index in [1.165, 1.54) is 6.92 Å². The number of esters is 1. The maximum absolute atomic E-state index is 12.6. The van der Waals surface area contributed by atoms with Crippen LogP contribution in [0.15, 0.2) is 46.7 Å². The van der Waals surface area contributed by atoms with Crippen LogP contribution in [0, 0.1) is 17.0 Å². The topological polar surface area (TPSA) is 121 Å². The average molecular weight is 476 g/mol. The van der Waals surface area contributed by atoms with Crippen LogP contribution >= 0.6 is 22.9 Å². The van der Waals surface area contributed by atoms with Crippen molar-refractivity contribution in [1.82, 2.24) is 4.57 Å². The van der Waals surface area contributed by atoms with Crippen LogP contribution in [0.1, 0.15) is 22.8 Å². The Labute approximate surface area is 191 Å². The average Bonchev–Trinajstić information content (AvgIpc) is 3.15. The lowest BCUT2D eigenvalue weighted by atomic mass is 10.0. The third-order valence-corrected chi connectivity index (χ3v) is 5.60. The Bertz CT molecular complexity index is 1250. The molecule has 0 saturated heterocycles. The number of aryl methyl sites for hydroxylation is 1. The molecule has 0 aliphatic carbocycles. The Morgan fingerprint density at radius 2 is 1.97 bits per heavy atom. The van der Waals surface area contributed by atoms with E-state index in [0.29, 0.717) is 16.1 Å². The standard InChI is InChI=1S/C21H18ClN3O6S/c1-3-31-21(28)18-16(13-4-6-14(22)7-5-13)11-32-19(18)23-17(26)10-24-9-15(25(29)30)8-12(2)20(24)27/h4-9,11H,3,10H2,1-2H3,(H,23,26). The summed E-state index contributed by atoms with van der Waals surface area (Å²) in [5.41, 5.74) is 0.756. The second-order valence-corrected chi connectivity index (χ2v) is 8.02. The molecule has 0 spiro atoms. The van der Waals surface area contributed by atoms with Crippen LogP contribution in [0.3, 0.4) is 0 Å². The number of nitrogens with one attached hydrogen (secondary N) is 1. The molecule has 0 radical (unpaired) electrons. The first-order valence-corrected chi connectivity index (χ1v) is 10.7. The van der Waals surface area contributed by atoms with Crippen molar-refractivity contribution in [2.24, 2.45) is 0 Å². The first-order chi connectivity index (χ1) is 15.2. The molecule has 0 aliphatic heterocycles. The van der Waals surface area contributed by atoms with Gasteiger partial charge in [-0.05, 0) is 31.5 Å². The van der Waals surface area contributed by atoms with Gasteiger partial charge >= 0.3 is 5.97 Å². The van der Waals surface area contributed by atoms with E-state index in [-0.39, 0.29) is 28.4 Å². The van der Waals surface area contributed by atoms with Crippen LogP contribution in [0.2, 0.25) is 5.02 Å². The van der Waals surface area contributed by atoms with Crippen LogP contribution in [0.4, 0.5) is 10.7 Å². The zero-order valence-electron chi connectivity index (χ0n) is 17.1. The van der Waals surface area contributed by atoms with Gasteiger partial charge in [0.15, 0.2) is 0 Å². The molecule has 2 aromatic heterocycles. The summed E-state index contributed by atoms with van der Waals surface area (Å²) < 4.78 is 6.11. The molecule has 32 heavy (non-hydrogen) atoms. The third kappa shape index (κ3) is 5.04. The molecule has 11 heteroatoms. The van der Waals surface area contributed by atoms with Crippen molar-refractivity contribution >= 4 is 45.5 Å². The van der Waals surface area contributed by atoms with Gasteiger partial charge in [-0.2, -0.15) is 0 Å². The zero-order chi connectivity index (χ0) is 23.4. The van der Waals surface area contributed by atoms with Crippen molar-refractivity contribution in [3.8, 4) is 11.1 Å². The summed E-state index contributed by atoms with van der Waals surface area (Å²) in [5.74, 6) is -1.24. The minimum atomic E-state index is -0.642. The molecular formula is C21H18ClN3O6S. The number of aromatic nitrogens is 1. The van der Waals surface area contributed by atoms with Gasteiger partial charge < -0.3 is 10.1 Å². The van der Waals surface area contributed by atoms with Crippen LogP contribution < -0.4 is 10.9 Å². The Morgan fingerprint density at radius 3 is 2.59 bits per heavy atom. The van der Waals surface area contributed by atoms with Crippen LogP contribution in [0.5, 0.6) is 0 Å². The van der Waals surface area contributed by atoms with Crippen LogP contribution in [-0.2, 0) is 16.1 Å². The molecule has 1 amide bonds. The van der Waals surface area contributed by atoms with Crippen molar-refractivity contribution in [1.29, 1.82) is 0 Å². The van der Waals surface area contributed by atoms with Crippen molar-refractivity contribution in [3.63, 3.8) is 0 Å². The number of benzene rings is 1. The molecule has 3 aromatic rings. The first-order valence-electron chi connectivity index (χ1n) is 9.41. The minimum absolute atomic E-state index is 0.139. The molecule has 0 unspecified atom stereocenters. The quantitative estimate of drug-likeness (QED) is 0.309. The van der Waals surface area contributed by atoms with Gasteiger partial charge in [0.05, 0.1) is 17.7 Å². The highest BCUT2D eigenvalue weighted by Gasteiger charge is 2.23. The van der Waals surface area contributed by atoms with Crippen molar-refractivity contribution < 1.29 is 19.2 Å². The Balaban J connectivity index is 1.93. The number of ether oxygens (including phenoxy) is 1. The van der Waals surface area contributed by atoms with E-state index in [0.717, 1.165) is 28.2 Å². The smallest absolute Gasteiger partial charge is 0.341 e. The normalized spacial score (nSPS) is 10.6. The lowest BCUT2D eigenvalue weighted by molar-refractivity contribution is -0.385. The minimum Gasteiger partial charge on any atom is -0.462 e. The van der Waals surface area contributed by atoms with E-state index in [1.807, 2.05) is 0 Å². The number of rotatable bonds is 7. The Morgan fingerprint density at radius 1 is 1.28 bits per heavy atom. The van der Waals surface area contributed by atoms with Gasteiger partial charge in [-0.1, -0.05) is 23.7 Å². The molecule has 166 valence electrons. The van der Waals surface area contributed by atoms with E-state index in [2.05, 4.69) is 5.32 Å². The van der Waals surface area contributed by atoms with Gasteiger partial charge in [-0.3, -0.25) is 24.3 Å². The number of nitrogens with zero attached hydrogens (tertiary/aromatic N) is 2. The number of thiophene rings is 1. The molecule has 0 fully saturated rings. The van der Waals surface area contributed by atoms with Crippen molar-refractivity contribution in [2.45, 2.75) is 20.4 Å². The zero-order valence-corrected chi connectivity index (χ0v) is 18.7. The number of nitro groups is 1. The SMILES string of the molecule is CCOC(=O)c1c(-c2ccc(Cl)cc2)csc1NC(=O)Cn1cc([N+](=O)[O-])cc(C)c1=O. The number of hydrogen-bond acceptors (Lipinski definition) is 7. The number of hydrogen-bond donors (Lipinski definition) is 1. The summed E-state index contributed by atoms with van der Waals surface area (Å²) in [6.07, 6.45) is 1.01. The molecule has 0 aliphatic rings. The van der Waals surface area contributed by atoms with Gasteiger partial charge in [-0.25, -0.2) is 4.79 Å². The van der Waals surface area contributed by atoms with E-state index < -0.39 is 28.9 Å². The molecule has 0 saturated carbocycles. The predicted octanol–water partition coefficient (Wildman–Crippen LogP) is 4.26. The van der Waals surface area contributed by atoms with E-state index in [1.54, 1.807) is 36.6 Å². The number of pyridine rings is 1. The van der Waals surface area contributed by atoms with Crippen LogP contribution in [0.25, 0.3) is 11.1 Å². The Kier molecular flexibility index (Phi) is 7.06. The third-order valence-electron chi connectivity index (χ3n) is 4.45. The molecular weight excluding hydrogens is 458 g/mol. The van der Waals surface area contributed by atoms with E-state index in [9.17, 15) is 24.5 Å². The molecule has 0 bridgehead atoms. The fourth-order valence-corrected chi connectivity index (χ4v) is 4.10. The molecule has 1 N–H and O–H groups in total. The summed E-state index contributed by atoms with van der Waals surface area (Å²) in [7, 11) is 0. The lowest BCUT2D eigenvalue weighted by Crippen LogP contribution is -2.29. The van der Waals surface area contributed by atoms with E-state index in [4.69, 9.17) is 16.3 Å². The number of carbonyl (C=O) groups is 2. The summed E-state index contributed by atoms with van der Waals surface area (Å²) in [6, 6.07) is 7.99. The second kappa shape index (κ2) is 9.75. The lowest BCUT2D eigenvalue weighted by Gasteiger charge is -2.10. The number of halogens is 1. The molecule has 9 nitrogen and oxygen atoms in total.